The third-order valence-electron chi connectivity index (χ3n) is 7.32. The summed E-state index contributed by atoms with van der Waals surface area (Å²) in [5.41, 5.74) is 1.27. The Morgan fingerprint density at radius 2 is 1.67 bits per heavy atom. The number of fused-ring (bicyclic) bond motifs is 1. The van der Waals surface area contributed by atoms with Crippen LogP contribution in [0.2, 0.25) is 10.0 Å². The molecule has 0 aliphatic rings. The lowest BCUT2D eigenvalue weighted by molar-refractivity contribution is -0.138. The average molecular weight is 687 g/mol. The van der Waals surface area contributed by atoms with Crippen molar-refractivity contribution in [1.29, 1.82) is 0 Å². The number of benzene rings is 3. The molecule has 0 saturated heterocycles. The number of aromatic nitrogens is 1. The van der Waals surface area contributed by atoms with E-state index in [0.29, 0.717) is 41.5 Å². The van der Waals surface area contributed by atoms with Gasteiger partial charge in [-0.3, -0.25) is 9.10 Å². The molecule has 0 aliphatic heterocycles. The number of amides is 1. The summed E-state index contributed by atoms with van der Waals surface area (Å²) in [5, 5.41) is 17.5. The highest BCUT2D eigenvalue weighted by molar-refractivity contribution is 7.93. The summed E-state index contributed by atoms with van der Waals surface area (Å²) in [7, 11) is -0.520. The van der Waals surface area contributed by atoms with Crippen LogP contribution in [0.3, 0.4) is 0 Å². The molecule has 0 fully saturated rings. The number of aliphatic carboxylic acids is 1. The molecule has 1 atom stereocenters. The lowest BCUT2D eigenvalue weighted by atomic mass is 10.0. The zero-order valence-corrected chi connectivity index (χ0v) is 28.2. The minimum atomic E-state index is -4.49. The van der Waals surface area contributed by atoms with Crippen LogP contribution in [0.15, 0.2) is 77.8 Å². The molecule has 1 aromatic heterocycles. The van der Waals surface area contributed by atoms with Crippen molar-refractivity contribution < 1.29 is 23.1 Å². The fourth-order valence-corrected chi connectivity index (χ4v) is 7.43. The van der Waals surface area contributed by atoms with Gasteiger partial charge in [0.2, 0.25) is 0 Å². The molecule has 0 bridgehead atoms. The van der Waals surface area contributed by atoms with E-state index in [1.54, 1.807) is 36.5 Å². The van der Waals surface area contributed by atoms with Gasteiger partial charge < -0.3 is 20.6 Å². The molecular formula is C33H37Cl2N5O5S. The first kappa shape index (κ1) is 35.0. The van der Waals surface area contributed by atoms with Crippen LogP contribution in [0.5, 0.6) is 0 Å². The van der Waals surface area contributed by atoms with Crippen LogP contribution in [-0.2, 0) is 21.4 Å². The zero-order valence-electron chi connectivity index (χ0n) is 25.8. The number of sulfonamides is 1. The van der Waals surface area contributed by atoms with E-state index in [4.69, 9.17) is 23.2 Å². The number of carboxylic acid groups (broad SMARTS) is 1. The van der Waals surface area contributed by atoms with Gasteiger partial charge in [0.25, 0.3) is 15.9 Å². The van der Waals surface area contributed by atoms with Gasteiger partial charge in [0.05, 0.1) is 10.6 Å². The molecule has 3 aromatic carbocycles. The Balaban J connectivity index is 1.72. The first-order chi connectivity index (χ1) is 21.9. The highest BCUT2D eigenvalue weighted by Crippen LogP contribution is 2.36. The Morgan fingerprint density at radius 3 is 2.35 bits per heavy atom. The molecule has 0 saturated carbocycles. The van der Waals surface area contributed by atoms with Crippen LogP contribution in [0, 0.1) is 0 Å². The van der Waals surface area contributed by atoms with Gasteiger partial charge in [0, 0.05) is 46.8 Å². The summed E-state index contributed by atoms with van der Waals surface area (Å²) < 4.78 is 29.4. The number of carboxylic acids is 1. The predicted molar refractivity (Wildman–Crippen MR) is 183 cm³/mol. The Morgan fingerprint density at radius 1 is 0.978 bits per heavy atom. The number of carbonyl (C=O) groups excluding carboxylic acids is 1. The average Bonchev–Trinajstić information content (AvgIpc) is 3.00. The minimum Gasteiger partial charge on any atom is -0.480 e. The van der Waals surface area contributed by atoms with Crippen molar-refractivity contribution in [3.05, 3.63) is 94.1 Å². The van der Waals surface area contributed by atoms with Gasteiger partial charge in [-0.05, 0) is 73.9 Å². The molecular weight excluding hydrogens is 649 g/mol. The number of pyridine rings is 1. The van der Waals surface area contributed by atoms with Crippen LogP contribution >= 0.6 is 23.2 Å². The van der Waals surface area contributed by atoms with Gasteiger partial charge in [-0.25, -0.2) is 18.2 Å². The molecule has 10 nitrogen and oxygen atoms in total. The first-order valence-corrected chi connectivity index (χ1v) is 17.0. The van der Waals surface area contributed by atoms with E-state index in [1.165, 1.54) is 24.3 Å². The van der Waals surface area contributed by atoms with Gasteiger partial charge >= 0.3 is 5.97 Å². The summed E-state index contributed by atoms with van der Waals surface area (Å²) in [5.74, 6) is -0.982. The number of likely N-dealkylation sites (N-methyl/N-ethyl adjacent to an activating group) is 1. The summed E-state index contributed by atoms with van der Waals surface area (Å²) in [6.45, 7) is 3.68. The normalized spacial score (nSPS) is 12.2. The van der Waals surface area contributed by atoms with Crippen LogP contribution in [0.25, 0.3) is 10.8 Å². The quantitative estimate of drug-likeness (QED) is 0.133. The summed E-state index contributed by atoms with van der Waals surface area (Å²) >= 11 is 12.3. The Labute approximate surface area is 279 Å². The van der Waals surface area contributed by atoms with Crippen molar-refractivity contribution in [1.82, 2.24) is 15.2 Å². The van der Waals surface area contributed by atoms with Crippen LogP contribution in [-0.4, -0.2) is 68.5 Å². The van der Waals surface area contributed by atoms with E-state index in [2.05, 4.69) is 20.5 Å². The molecule has 0 spiro atoms. The molecule has 0 aliphatic carbocycles. The number of hydrogen-bond donors (Lipinski definition) is 3. The van der Waals surface area contributed by atoms with Gasteiger partial charge in [0.1, 0.15) is 11.9 Å². The molecule has 13 heteroatoms. The molecule has 1 heterocycles. The van der Waals surface area contributed by atoms with Crippen molar-refractivity contribution in [3.63, 3.8) is 0 Å². The predicted octanol–water partition coefficient (Wildman–Crippen LogP) is 6.28. The van der Waals surface area contributed by atoms with Crippen molar-refractivity contribution in [2.75, 3.05) is 36.8 Å². The maximum atomic E-state index is 14.2. The number of halogens is 2. The summed E-state index contributed by atoms with van der Waals surface area (Å²) in [6, 6.07) is 15.9. The maximum Gasteiger partial charge on any atom is 0.327 e. The second-order valence-electron chi connectivity index (χ2n) is 11.0. The molecule has 4 aromatic rings. The molecule has 244 valence electrons. The van der Waals surface area contributed by atoms with E-state index in [9.17, 15) is 23.1 Å². The molecule has 46 heavy (non-hydrogen) atoms. The van der Waals surface area contributed by atoms with E-state index >= 15 is 0 Å². The van der Waals surface area contributed by atoms with Crippen molar-refractivity contribution in [2.24, 2.45) is 0 Å². The van der Waals surface area contributed by atoms with E-state index in [1.807, 2.05) is 33.2 Å². The number of nitrogens with zero attached hydrogens (tertiary/aromatic N) is 3. The van der Waals surface area contributed by atoms with Crippen molar-refractivity contribution in [3.8, 4) is 0 Å². The largest absolute Gasteiger partial charge is 0.480 e. The smallest absolute Gasteiger partial charge is 0.327 e. The third-order valence-corrected chi connectivity index (χ3v) is 9.55. The molecule has 0 radical (unpaired) electrons. The minimum absolute atomic E-state index is 0.0633. The fourth-order valence-electron chi connectivity index (χ4n) is 5.04. The lowest BCUT2D eigenvalue weighted by Crippen LogP contribution is -2.45. The Bertz CT molecular complexity index is 1800. The second-order valence-corrected chi connectivity index (χ2v) is 13.7. The molecule has 1 amide bonds. The van der Waals surface area contributed by atoms with Gasteiger partial charge in [-0.1, -0.05) is 67.2 Å². The standard InChI is InChI=1S/C33H37Cl2N5O5S/c1-4-5-11-30(33(42)43)40(46(44,45)25-19-23(34)18-24(35)20-25)29-12-7-8-26-27(29)9-6-10-28(26)32(41)38-21-22-13-14-36-31(17-22)37-15-16-39(2)3/h6-10,12-14,17-20,30H,4-5,11,15-16,21H2,1-3H3,(H,36,37)(H,38,41)(H,42,43). The molecule has 3 N–H and O–H groups in total. The van der Waals surface area contributed by atoms with Crippen molar-refractivity contribution >= 4 is 67.4 Å². The maximum absolute atomic E-state index is 14.2. The first-order valence-electron chi connectivity index (χ1n) is 14.8. The third kappa shape index (κ3) is 8.47. The SMILES string of the molecule is CCCCC(C(=O)O)N(c1cccc2c(C(=O)NCc3ccnc(NCCN(C)C)c3)cccc12)S(=O)(=O)c1cc(Cl)cc(Cl)c1. The number of hydrogen-bond acceptors (Lipinski definition) is 7. The monoisotopic (exact) mass is 685 g/mol. The number of anilines is 2. The Kier molecular flexibility index (Phi) is 11.9. The van der Waals surface area contributed by atoms with Gasteiger partial charge in [0.15, 0.2) is 0 Å². The van der Waals surface area contributed by atoms with Gasteiger partial charge in [-0.2, -0.15) is 0 Å². The highest BCUT2D eigenvalue weighted by atomic mass is 35.5. The molecule has 1 unspecified atom stereocenters. The second kappa shape index (κ2) is 15.6. The van der Waals surface area contributed by atoms with Gasteiger partial charge in [-0.15, -0.1) is 0 Å². The Hall–Kier alpha value is -3.90. The lowest BCUT2D eigenvalue weighted by Gasteiger charge is -2.31. The van der Waals surface area contributed by atoms with Crippen LogP contribution in [0.4, 0.5) is 11.5 Å². The van der Waals surface area contributed by atoms with Crippen LogP contribution < -0.4 is 14.9 Å². The topological polar surface area (TPSA) is 132 Å². The van der Waals surface area contributed by atoms with E-state index in [-0.39, 0.29) is 39.5 Å². The van der Waals surface area contributed by atoms with Crippen LogP contribution in [0.1, 0.15) is 42.1 Å². The number of rotatable bonds is 15. The number of nitrogens with one attached hydrogen (secondary N) is 2. The number of unbranched alkanes of at least 4 members (excludes halogenated alkanes) is 1. The van der Waals surface area contributed by atoms with E-state index < -0.39 is 22.0 Å². The highest BCUT2D eigenvalue weighted by Gasteiger charge is 2.37. The summed E-state index contributed by atoms with van der Waals surface area (Å²) in [4.78, 5) is 32.3. The van der Waals surface area contributed by atoms with E-state index in [0.717, 1.165) is 16.4 Å². The fraction of sp³-hybridized carbons (Fsp3) is 0.303. The van der Waals surface area contributed by atoms with Crippen molar-refractivity contribution in [2.45, 2.75) is 43.7 Å². The summed E-state index contributed by atoms with van der Waals surface area (Å²) in [6.07, 6.45) is 2.86. The number of carbonyl (C=O) groups is 2. The molecule has 4 rings (SSSR count). The zero-order chi connectivity index (χ0) is 33.4.